The van der Waals surface area contributed by atoms with Crippen molar-refractivity contribution in [3.63, 3.8) is 0 Å². The minimum Gasteiger partial charge on any atom is -0.748 e. The summed E-state index contributed by atoms with van der Waals surface area (Å²) in [6.07, 6.45) is 2.37. The second-order valence-electron chi connectivity index (χ2n) is 2.92. The molecule has 4 heteroatoms. The van der Waals surface area contributed by atoms with Gasteiger partial charge in [-0.05, 0) is 18.8 Å². The van der Waals surface area contributed by atoms with Crippen molar-refractivity contribution in [2.24, 2.45) is 5.92 Å². The number of hydrogen-bond donors (Lipinski definition) is 0. The molecular formula is C7H15O3S-. The smallest absolute Gasteiger partial charge is 0.0945 e. The molecule has 0 fully saturated rings. The van der Waals surface area contributed by atoms with Gasteiger partial charge in [-0.1, -0.05) is 20.3 Å². The molecule has 0 rings (SSSR count). The van der Waals surface area contributed by atoms with Crippen LogP contribution in [0.3, 0.4) is 0 Å². The zero-order valence-electron chi connectivity index (χ0n) is 7.04. The average molecular weight is 179 g/mol. The van der Waals surface area contributed by atoms with E-state index >= 15 is 0 Å². The number of rotatable bonds is 5. The summed E-state index contributed by atoms with van der Waals surface area (Å²) < 4.78 is 30.4. The lowest BCUT2D eigenvalue weighted by atomic mass is 10.0. The van der Waals surface area contributed by atoms with Gasteiger partial charge in [0.15, 0.2) is 0 Å². The highest BCUT2D eigenvalue weighted by atomic mass is 32.2. The summed E-state index contributed by atoms with van der Waals surface area (Å²) in [4.78, 5) is 0. The third-order valence-electron chi connectivity index (χ3n) is 1.79. The lowest BCUT2D eigenvalue weighted by molar-refractivity contribution is 0.452. The molecule has 0 aliphatic rings. The molecule has 1 unspecified atom stereocenters. The van der Waals surface area contributed by atoms with E-state index in [2.05, 4.69) is 13.8 Å². The van der Waals surface area contributed by atoms with Crippen molar-refractivity contribution in [3.8, 4) is 0 Å². The van der Waals surface area contributed by atoms with Gasteiger partial charge in [-0.25, -0.2) is 8.42 Å². The summed E-state index contributed by atoms with van der Waals surface area (Å²) in [5.74, 6) is 0.314. The summed E-state index contributed by atoms with van der Waals surface area (Å²) in [5, 5.41) is 0. The highest BCUT2D eigenvalue weighted by Crippen LogP contribution is 2.09. The Labute approximate surface area is 68.6 Å². The van der Waals surface area contributed by atoms with Gasteiger partial charge < -0.3 is 4.55 Å². The quantitative estimate of drug-likeness (QED) is 0.599. The van der Waals surface area contributed by atoms with Crippen molar-refractivity contribution in [1.29, 1.82) is 0 Å². The van der Waals surface area contributed by atoms with Gasteiger partial charge in [-0.2, -0.15) is 0 Å². The topological polar surface area (TPSA) is 57.2 Å². The molecule has 0 heterocycles. The molecule has 0 saturated carbocycles. The van der Waals surface area contributed by atoms with Crippen LogP contribution in [0, 0.1) is 5.92 Å². The van der Waals surface area contributed by atoms with Gasteiger partial charge in [0.1, 0.15) is 0 Å². The van der Waals surface area contributed by atoms with E-state index in [1.165, 1.54) is 0 Å². The van der Waals surface area contributed by atoms with E-state index < -0.39 is 10.1 Å². The van der Waals surface area contributed by atoms with Crippen LogP contribution in [0.4, 0.5) is 0 Å². The summed E-state index contributed by atoms with van der Waals surface area (Å²) in [5.41, 5.74) is 0. The Hall–Kier alpha value is -0.0900. The van der Waals surface area contributed by atoms with Crippen molar-refractivity contribution >= 4 is 10.1 Å². The van der Waals surface area contributed by atoms with E-state index in [-0.39, 0.29) is 5.75 Å². The first kappa shape index (κ1) is 10.9. The molecule has 0 aromatic heterocycles. The number of hydrogen-bond acceptors (Lipinski definition) is 3. The van der Waals surface area contributed by atoms with Crippen molar-refractivity contribution < 1.29 is 13.0 Å². The van der Waals surface area contributed by atoms with Gasteiger partial charge in [-0.3, -0.25) is 0 Å². The van der Waals surface area contributed by atoms with Gasteiger partial charge in [0.2, 0.25) is 0 Å². The second-order valence-corrected chi connectivity index (χ2v) is 4.44. The van der Waals surface area contributed by atoms with Crippen molar-refractivity contribution in [3.05, 3.63) is 0 Å². The molecule has 0 spiro atoms. The molecule has 0 N–H and O–H groups in total. The van der Waals surface area contributed by atoms with Gasteiger partial charge in [0.25, 0.3) is 0 Å². The lowest BCUT2D eigenvalue weighted by Gasteiger charge is -2.09. The molecule has 0 radical (unpaired) electrons. The van der Waals surface area contributed by atoms with Crippen LogP contribution in [0.2, 0.25) is 0 Å². The van der Waals surface area contributed by atoms with E-state index in [0.29, 0.717) is 12.3 Å². The van der Waals surface area contributed by atoms with Crippen molar-refractivity contribution in [2.75, 3.05) is 5.75 Å². The minimum atomic E-state index is -3.98. The van der Waals surface area contributed by atoms with E-state index in [0.717, 1.165) is 12.8 Å². The lowest BCUT2D eigenvalue weighted by Crippen LogP contribution is -2.05. The third-order valence-corrected chi connectivity index (χ3v) is 2.58. The van der Waals surface area contributed by atoms with Crippen molar-refractivity contribution in [2.45, 2.75) is 33.1 Å². The molecule has 0 saturated heterocycles. The van der Waals surface area contributed by atoms with Crippen molar-refractivity contribution in [1.82, 2.24) is 0 Å². The maximum Gasteiger partial charge on any atom is 0.0945 e. The van der Waals surface area contributed by atoms with Gasteiger partial charge >= 0.3 is 0 Å². The van der Waals surface area contributed by atoms with Crippen LogP contribution in [0.1, 0.15) is 33.1 Å². The van der Waals surface area contributed by atoms with Gasteiger partial charge in [-0.15, -0.1) is 0 Å². The Morgan fingerprint density at radius 1 is 1.45 bits per heavy atom. The van der Waals surface area contributed by atoms with Crippen LogP contribution in [0.5, 0.6) is 0 Å². The first-order valence-electron chi connectivity index (χ1n) is 3.89. The first-order valence-corrected chi connectivity index (χ1v) is 5.47. The SMILES string of the molecule is CCC(C)CCCS(=O)(=O)[O-]. The fraction of sp³-hybridized carbons (Fsp3) is 1.00. The largest absolute Gasteiger partial charge is 0.748 e. The molecule has 11 heavy (non-hydrogen) atoms. The zero-order chi connectivity index (χ0) is 8.91. The third kappa shape index (κ3) is 7.81. The van der Waals surface area contributed by atoms with E-state index in [1.54, 1.807) is 0 Å². The molecule has 0 aromatic carbocycles. The minimum absolute atomic E-state index is 0.211. The second kappa shape index (κ2) is 4.72. The highest BCUT2D eigenvalue weighted by Gasteiger charge is 2.00. The Bertz CT molecular complexity index is 184. The van der Waals surface area contributed by atoms with Crippen LogP contribution < -0.4 is 0 Å². The first-order chi connectivity index (χ1) is 4.95. The van der Waals surface area contributed by atoms with Crippen LogP contribution >= 0.6 is 0 Å². The molecule has 1 atom stereocenters. The van der Waals surface area contributed by atoms with Gasteiger partial charge in [0.05, 0.1) is 10.1 Å². The zero-order valence-corrected chi connectivity index (χ0v) is 7.86. The molecular weight excluding hydrogens is 164 g/mol. The molecule has 0 aliphatic carbocycles. The van der Waals surface area contributed by atoms with Crippen LogP contribution in [-0.4, -0.2) is 18.7 Å². The summed E-state index contributed by atoms with van der Waals surface area (Å²) in [6, 6.07) is 0. The highest BCUT2D eigenvalue weighted by molar-refractivity contribution is 7.85. The molecule has 68 valence electrons. The van der Waals surface area contributed by atoms with Crippen LogP contribution in [-0.2, 0) is 10.1 Å². The Morgan fingerprint density at radius 3 is 2.36 bits per heavy atom. The van der Waals surface area contributed by atoms with E-state index in [1.807, 2.05) is 0 Å². The predicted molar refractivity (Wildman–Crippen MR) is 43.3 cm³/mol. The Balaban J connectivity index is 3.43. The Kier molecular flexibility index (Phi) is 4.68. The van der Waals surface area contributed by atoms with Crippen LogP contribution in [0.25, 0.3) is 0 Å². The average Bonchev–Trinajstić information content (AvgIpc) is 1.85. The molecule has 0 bridgehead atoms. The van der Waals surface area contributed by atoms with E-state index in [9.17, 15) is 13.0 Å². The molecule has 3 nitrogen and oxygen atoms in total. The normalized spacial score (nSPS) is 14.8. The maximum atomic E-state index is 10.1. The summed E-state index contributed by atoms with van der Waals surface area (Å²) in [7, 11) is -3.98. The predicted octanol–water partition coefficient (Wildman–Crippen LogP) is 1.36. The fourth-order valence-electron chi connectivity index (χ4n) is 0.813. The summed E-state index contributed by atoms with van der Waals surface area (Å²) >= 11 is 0. The maximum absolute atomic E-state index is 10.1. The standard InChI is InChI=1S/C7H16O3S/c1-3-7(2)5-4-6-11(8,9)10/h7H,3-6H2,1-2H3,(H,8,9,10)/p-1. The van der Waals surface area contributed by atoms with Gasteiger partial charge in [0, 0.05) is 5.75 Å². The van der Waals surface area contributed by atoms with Crippen LogP contribution in [0.15, 0.2) is 0 Å². The monoisotopic (exact) mass is 179 g/mol. The van der Waals surface area contributed by atoms with E-state index in [4.69, 9.17) is 0 Å². The Morgan fingerprint density at radius 2 is 2.00 bits per heavy atom. The fourth-order valence-corrected chi connectivity index (χ4v) is 1.33. The molecule has 0 amide bonds. The molecule has 0 aliphatic heterocycles. The molecule has 0 aromatic rings. The summed E-state index contributed by atoms with van der Waals surface area (Å²) in [6.45, 7) is 4.10.